The Morgan fingerprint density at radius 2 is 1.72 bits per heavy atom. The van der Waals surface area contributed by atoms with Crippen LogP contribution in [-0.4, -0.2) is 43.0 Å². The minimum absolute atomic E-state index is 0.0237. The zero-order valence-electron chi connectivity index (χ0n) is 22.9. The van der Waals surface area contributed by atoms with Gasteiger partial charge in [-0.1, -0.05) is 42.5 Å². The molecule has 0 unspecified atom stereocenters. The Balaban J connectivity index is 1.52. The zero-order valence-corrected chi connectivity index (χ0v) is 23.8. The van der Waals surface area contributed by atoms with Crippen LogP contribution in [0, 0.1) is 11.7 Å². The highest BCUT2D eigenvalue weighted by Gasteiger charge is 2.29. The van der Waals surface area contributed by atoms with Gasteiger partial charge in [0.2, 0.25) is 15.9 Å². The first-order chi connectivity index (χ1) is 18.3. The lowest BCUT2D eigenvalue weighted by Gasteiger charge is -2.33. The molecule has 1 amide bonds. The third kappa shape index (κ3) is 7.09. The molecule has 2 aromatic carbocycles. The van der Waals surface area contributed by atoms with E-state index in [1.807, 2.05) is 38.1 Å². The van der Waals surface area contributed by atoms with E-state index >= 15 is 0 Å². The standard InChI is InChI=1S/C30H37FN4O3S/c1-30(2,32)22-13-11-21(12-14-22)29-26(25-7-5-6-8-27(25)31)18-23(19-33-29)34-28(36)17-20-9-15-24(16-10-20)35(3)39(4,37)38/h5-8,11-14,18-20,24H,9-10,15-17,32H2,1-4H3,(H,34,36)/t20-,24-. The van der Waals surface area contributed by atoms with Gasteiger partial charge in [0.1, 0.15) is 5.82 Å². The van der Waals surface area contributed by atoms with Gasteiger partial charge in [0.05, 0.1) is 23.8 Å². The number of amides is 1. The predicted octanol–water partition coefficient (Wildman–Crippen LogP) is 5.53. The Hall–Kier alpha value is -3.14. The molecule has 0 saturated heterocycles. The quantitative estimate of drug-likeness (QED) is 0.382. The summed E-state index contributed by atoms with van der Waals surface area (Å²) in [6.45, 7) is 3.87. The lowest BCUT2D eigenvalue weighted by Crippen LogP contribution is -2.39. The van der Waals surface area contributed by atoms with E-state index in [1.165, 1.54) is 16.6 Å². The number of halogens is 1. The number of anilines is 1. The van der Waals surface area contributed by atoms with Gasteiger partial charge in [-0.05, 0) is 63.1 Å². The number of nitrogens with one attached hydrogen (secondary N) is 1. The molecule has 3 N–H and O–H groups in total. The molecule has 1 saturated carbocycles. The van der Waals surface area contributed by atoms with Crippen molar-refractivity contribution in [1.29, 1.82) is 0 Å². The van der Waals surface area contributed by atoms with Crippen LogP contribution >= 0.6 is 0 Å². The summed E-state index contributed by atoms with van der Waals surface area (Å²) in [6, 6.07) is 16.0. The van der Waals surface area contributed by atoms with Crippen LogP contribution in [0.3, 0.4) is 0 Å². The molecule has 1 aliphatic rings. The molecule has 0 aliphatic heterocycles. The van der Waals surface area contributed by atoms with E-state index in [2.05, 4.69) is 10.3 Å². The lowest BCUT2D eigenvalue weighted by molar-refractivity contribution is -0.117. The normalized spacial score (nSPS) is 18.2. The minimum Gasteiger partial charge on any atom is -0.325 e. The molecule has 3 aromatic rings. The number of pyridine rings is 1. The second-order valence-corrected chi connectivity index (χ2v) is 13.1. The third-order valence-corrected chi connectivity index (χ3v) is 8.91. The summed E-state index contributed by atoms with van der Waals surface area (Å²) in [6.07, 6.45) is 6.18. The van der Waals surface area contributed by atoms with Gasteiger partial charge < -0.3 is 11.1 Å². The Morgan fingerprint density at radius 3 is 2.31 bits per heavy atom. The highest BCUT2D eigenvalue weighted by atomic mass is 32.2. The molecule has 39 heavy (non-hydrogen) atoms. The summed E-state index contributed by atoms with van der Waals surface area (Å²) in [4.78, 5) is 17.6. The van der Waals surface area contributed by atoms with Crippen molar-refractivity contribution in [3.8, 4) is 22.4 Å². The molecule has 9 heteroatoms. The highest BCUT2D eigenvalue weighted by molar-refractivity contribution is 7.88. The van der Waals surface area contributed by atoms with Crippen LogP contribution in [-0.2, 0) is 20.4 Å². The Labute approximate surface area is 230 Å². The number of aromatic nitrogens is 1. The molecule has 0 radical (unpaired) electrons. The molecular weight excluding hydrogens is 515 g/mol. The molecule has 0 spiro atoms. The maximum absolute atomic E-state index is 14.9. The first-order valence-electron chi connectivity index (χ1n) is 13.2. The van der Waals surface area contributed by atoms with Gasteiger partial charge in [0, 0.05) is 41.7 Å². The Morgan fingerprint density at radius 1 is 1.08 bits per heavy atom. The summed E-state index contributed by atoms with van der Waals surface area (Å²) >= 11 is 0. The van der Waals surface area contributed by atoms with E-state index in [9.17, 15) is 17.6 Å². The number of hydrogen-bond acceptors (Lipinski definition) is 5. The maximum Gasteiger partial charge on any atom is 0.224 e. The summed E-state index contributed by atoms with van der Waals surface area (Å²) in [7, 11) is -1.62. The van der Waals surface area contributed by atoms with Gasteiger partial charge in [0.15, 0.2) is 0 Å². The first kappa shape index (κ1) is 28.9. The lowest BCUT2D eigenvalue weighted by atomic mass is 9.84. The van der Waals surface area contributed by atoms with Crippen molar-refractivity contribution in [2.24, 2.45) is 11.7 Å². The average Bonchev–Trinajstić information content (AvgIpc) is 2.88. The summed E-state index contributed by atoms with van der Waals surface area (Å²) in [5, 5.41) is 2.94. The van der Waals surface area contributed by atoms with Crippen LogP contribution in [0.25, 0.3) is 22.4 Å². The fourth-order valence-corrected chi connectivity index (χ4v) is 5.92. The van der Waals surface area contributed by atoms with E-state index < -0.39 is 15.6 Å². The Bertz CT molecular complexity index is 1430. The summed E-state index contributed by atoms with van der Waals surface area (Å²) in [5.74, 6) is -0.337. The van der Waals surface area contributed by atoms with Gasteiger partial charge >= 0.3 is 0 Å². The van der Waals surface area contributed by atoms with Crippen molar-refractivity contribution in [3.63, 3.8) is 0 Å². The van der Waals surface area contributed by atoms with E-state index in [4.69, 9.17) is 5.73 Å². The zero-order chi connectivity index (χ0) is 28.4. The van der Waals surface area contributed by atoms with Crippen LogP contribution in [0.2, 0.25) is 0 Å². The number of carbonyl (C=O) groups excluding carboxylic acids is 1. The van der Waals surface area contributed by atoms with Crippen LogP contribution in [0.5, 0.6) is 0 Å². The SMILES string of the molecule is CN([C@H]1CC[C@H](CC(=O)Nc2cnc(-c3ccc(C(C)(C)N)cc3)c(-c3ccccc3F)c2)CC1)S(C)(=O)=O. The topological polar surface area (TPSA) is 105 Å². The molecule has 7 nitrogen and oxygen atoms in total. The van der Waals surface area contributed by atoms with E-state index in [0.29, 0.717) is 28.9 Å². The predicted molar refractivity (Wildman–Crippen MR) is 154 cm³/mol. The molecule has 0 bridgehead atoms. The molecule has 4 rings (SSSR count). The number of sulfonamides is 1. The van der Waals surface area contributed by atoms with Crippen molar-refractivity contribution in [2.45, 2.75) is 57.5 Å². The highest BCUT2D eigenvalue weighted by Crippen LogP contribution is 2.35. The van der Waals surface area contributed by atoms with Gasteiger partial charge in [-0.3, -0.25) is 9.78 Å². The average molecular weight is 553 g/mol. The molecule has 208 valence electrons. The minimum atomic E-state index is -3.23. The molecule has 1 heterocycles. The maximum atomic E-state index is 14.9. The largest absolute Gasteiger partial charge is 0.325 e. The van der Waals surface area contributed by atoms with Crippen LogP contribution in [0.15, 0.2) is 60.8 Å². The number of nitrogens with two attached hydrogens (primary N) is 1. The number of benzene rings is 2. The summed E-state index contributed by atoms with van der Waals surface area (Å²) in [5.41, 5.74) is 9.59. The Kier molecular flexibility index (Phi) is 8.54. The van der Waals surface area contributed by atoms with E-state index in [0.717, 1.165) is 36.8 Å². The smallest absolute Gasteiger partial charge is 0.224 e. The third-order valence-electron chi connectivity index (χ3n) is 7.57. The second kappa shape index (κ2) is 11.5. The second-order valence-electron chi connectivity index (χ2n) is 11.1. The fourth-order valence-electron chi connectivity index (χ4n) is 5.16. The van der Waals surface area contributed by atoms with Gasteiger partial charge in [-0.25, -0.2) is 17.1 Å². The fraction of sp³-hybridized carbons (Fsp3) is 0.400. The number of hydrogen-bond donors (Lipinski definition) is 2. The monoisotopic (exact) mass is 552 g/mol. The van der Waals surface area contributed by atoms with Gasteiger partial charge in [0.25, 0.3) is 0 Å². The van der Waals surface area contributed by atoms with Crippen molar-refractivity contribution >= 4 is 21.6 Å². The van der Waals surface area contributed by atoms with Crippen molar-refractivity contribution in [2.75, 3.05) is 18.6 Å². The molecular formula is C30H37FN4O3S. The molecule has 1 aromatic heterocycles. The van der Waals surface area contributed by atoms with Crippen LogP contribution < -0.4 is 11.1 Å². The van der Waals surface area contributed by atoms with Crippen LogP contribution in [0.4, 0.5) is 10.1 Å². The van der Waals surface area contributed by atoms with Crippen LogP contribution in [0.1, 0.15) is 51.5 Å². The molecule has 0 atom stereocenters. The van der Waals surface area contributed by atoms with Gasteiger partial charge in [-0.15, -0.1) is 0 Å². The van der Waals surface area contributed by atoms with Crippen molar-refractivity contribution in [1.82, 2.24) is 9.29 Å². The number of carbonyl (C=O) groups is 1. The molecule has 1 aliphatic carbocycles. The summed E-state index contributed by atoms with van der Waals surface area (Å²) < 4.78 is 40.0. The van der Waals surface area contributed by atoms with Crippen molar-refractivity contribution < 1.29 is 17.6 Å². The number of nitrogens with zero attached hydrogens (tertiary/aromatic N) is 2. The van der Waals surface area contributed by atoms with E-state index in [-0.39, 0.29) is 23.7 Å². The number of rotatable bonds is 8. The van der Waals surface area contributed by atoms with Gasteiger partial charge in [-0.2, -0.15) is 0 Å². The molecule has 1 fully saturated rings. The van der Waals surface area contributed by atoms with Crippen molar-refractivity contribution in [3.05, 3.63) is 72.2 Å². The van der Waals surface area contributed by atoms with E-state index in [1.54, 1.807) is 37.5 Å². The first-order valence-corrected chi connectivity index (χ1v) is 15.1.